The van der Waals surface area contributed by atoms with Gasteiger partial charge in [0.25, 0.3) is 5.54 Å². The molecule has 6 heteroatoms. The molecule has 0 bridgehead atoms. The maximum Gasteiger partial charge on any atom is 1.00 e. The van der Waals surface area contributed by atoms with Gasteiger partial charge in [0.1, 0.15) is 11.8 Å². The summed E-state index contributed by atoms with van der Waals surface area (Å²) >= 11 is 0. The molecular formula is C10H9NO4Rb+. The third-order valence-electron chi connectivity index (χ3n) is 2.75. The first kappa shape index (κ1) is 14.1. The molecular weight excluding hydrogens is 284 g/mol. The molecule has 0 amide bonds. The number of carbonyl (C=O) groups excluding carboxylic acids is 3. The molecule has 1 saturated carbocycles. The van der Waals surface area contributed by atoms with E-state index in [0.717, 1.165) is 0 Å². The smallest absolute Gasteiger partial charge is 0.543 e. The number of carboxylic acid groups (broad SMARTS) is 1. The van der Waals surface area contributed by atoms with Crippen LogP contribution in [0.4, 0.5) is 0 Å². The minimum absolute atomic E-state index is 0. The molecule has 1 fully saturated rings. The molecule has 16 heavy (non-hydrogen) atoms. The summed E-state index contributed by atoms with van der Waals surface area (Å²) in [4.78, 5) is 33.8. The molecule has 0 radical (unpaired) electrons. The molecule has 2 rings (SSSR count). The molecule has 1 heterocycles. The van der Waals surface area contributed by atoms with Crippen molar-refractivity contribution in [3.05, 3.63) is 12.3 Å². The van der Waals surface area contributed by atoms with Gasteiger partial charge in [-0.1, -0.05) is 0 Å². The van der Waals surface area contributed by atoms with Gasteiger partial charge >= 0.3 is 58.2 Å². The largest absolute Gasteiger partial charge is 1.00 e. The quantitative estimate of drug-likeness (QED) is 0.379. The van der Waals surface area contributed by atoms with Crippen molar-refractivity contribution >= 4 is 23.8 Å². The first-order valence-electron chi connectivity index (χ1n) is 4.62. The third kappa shape index (κ3) is 2.06. The van der Waals surface area contributed by atoms with E-state index >= 15 is 0 Å². The summed E-state index contributed by atoms with van der Waals surface area (Å²) in [7, 11) is 0. The number of Topliss-reactive ketones (excluding diaryl/α,β-unsaturated/α-hetero) is 2. The summed E-state index contributed by atoms with van der Waals surface area (Å²) < 4.78 is 1.29. The van der Waals surface area contributed by atoms with E-state index in [2.05, 4.69) is 0 Å². The van der Waals surface area contributed by atoms with Gasteiger partial charge in [-0.25, -0.2) is 0 Å². The zero-order valence-corrected chi connectivity index (χ0v) is 13.8. The maximum atomic E-state index is 11.6. The van der Waals surface area contributed by atoms with Crippen LogP contribution in [0.5, 0.6) is 0 Å². The van der Waals surface area contributed by atoms with Crippen LogP contribution in [-0.4, -0.2) is 33.9 Å². The molecule has 0 spiro atoms. The van der Waals surface area contributed by atoms with Crippen LogP contribution in [0.3, 0.4) is 0 Å². The first-order chi connectivity index (χ1) is 7.07. The molecule has 0 N–H and O–H groups in total. The van der Waals surface area contributed by atoms with E-state index in [9.17, 15) is 19.5 Å². The van der Waals surface area contributed by atoms with Crippen molar-refractivity contribution in [2.45, 2.75) is 24.8 Å². The Hall–Kier alpha value is 0.0252. The van der Waals surface area contributed by atoms with Crippen molar-refractivity contribution in [1.82, 2.24) is 0 Å². The number of nitrogens with zero attached hydrogens (tertiary/aromatic N) is 1. The zero-order chi connectivity index (χ0) is 11.1. The fourth-order valence-corrected chi connectivity index (χ4v) is 1.99. The van der Waals surface area contributed by atoms with E-state index in [1.165, 1.54) is 10.8 Å². The van der Waals surface area contributed by atoms with E-state index in [1.807, 2.05) is 0 Å². The molecule has 1 atom stereocenters. The molecule has 1 unspecified atom stereocenters. The minimum Gasteiger partial charge on any atom is -0.543 e. The van der Waals surface area contributed by atoms with Crippen LogP contribution in [0.25, 0.3) is 0 Å². The van der Waals surface area contributed by atoms with E-state index < -0.39 is 17.3 Å². The summed E-state index contributed by atoms with van der Waals surface area (Å²) in [6, 6.07) is 0. The van der Waals surface area contributed by atoms with Crippen molar-refractivity contribution in [3.8, 4) is 0 Å². The predicted molar refractivity (Wildman–Crippen MR) is 47.1 cm³/mol. The average molecular weight is 293 g/mol. The monoisotopic (exact) mass is 292 g/mol. The van der Waals surface area contributed by atoms with Gasteiger partial charge in [0, 0.05) is 6.42 Å². The topological polar surface area (TPSA) is 77.3 Å². The van der Waals surface area contributed by atoms with E-state index in [4.69, 9.17) is 0 Å². The summed E-state index contributed by atoms with van der Waals surface area (Å²) in [6.07, 6.45) is 4.76. The fourth-order valence-electron chi connectivity index (χ4n) is 1.99. The SMILES string of the molecule is O=C1CC(=O)C(C(=O)[O-])([N+]2=CCC=C2)C1.[Rb+]. The Morgan fingerprint density at radius 3 is 2.50 bits per heavy atom. The van der Waals surface area contributed by atoms with Gasteiger partial charge in [-0.3, -0.25) is 9.59 Å². The van der Waals surface area contributed by atoms with Gasteiger partial charge in [0.05, 0.1) is 12.8 Å². The Bertz CT molecular complexity index is 427. The molecule has 0 saturated heterocycles. The second kappa shape index (κ2) is 5.12. The van der Waals surface area contributed by atoms with Gasteiger partial charge in [-0.05, 0) is 6.08 Å². The molecule has 5 nitrogen and oxygen atoms in total. The van der Waals surface area contributed by atoms with Gasteiger partial charge in [-0.15, -0.1) is 0 Å². The number of hydrogen-bond donors (Lipinski definition) is 0. The second-order valence-electron chi connectivity index (χ2n) is 3.67. The van der Waals surface area contributed by atoms with Crippen molar-refractivity contribution < 1.29 is 82.3 Å². The van der Waals surface area contributed by atoms with Gasteiger partial charge in [0.15, 0.2) is 12.4 Å². The van der Waals surface area contributed by atoms with Crippen LogP contribution in [0.2, 0.25) is 0 Å². The number of ketones is 2. The average Bonchev–Trinajstić information content (AvgIpc) is 2.72. The second-order valence-corrected chi connectivity index (χ2v) is 3.67. The standard InChI is InChI=1S/C10H9NO4.Rb/c12-7-5-8(13)10(6-7,9(14)15)11-3-1-2-4-11;/h1,3-4H,2,5-6H2;/q;+1. The molecule has 0 aromatic rings. The Labute approximate surface area is 141 Å². The van der Waals surface area contributed by atoms with Gasteiger partial charge in [0.2, 0.25) is 5.78 Å². The van der Waals surface area contributed by atoms with Crippen molar-refractivity contribution in [3.63, 3.8) is 0 Å². The van der Waals surface area contributed by atoms with Crippen LogP contribution in [0, 0.1) is 0 Å². The van der Waals surface area contributed by atoms with Crippen LogP contribution in [0.1, 0.15) is 19.3 Å². The summed E-state index contributed by atoms with van der Waals surface area (Å²) in [5.74, 6) is -2.44. The van der Waals surface area contributed by atoms with E-state index in [1.54, 1.807) is 12.3 Å². The van der Waals surface area contributed by atoms with Gasteiger partial charge < -0.3 is 9.90 Å². The first-order valence-corrected chi connectivity index (χ1v) is 4.62. The number of carboxylic acids is 1. The zero-order valence-electron chi connectivity index (χ0n) is 8.93. The molecule has 1 aliphatic carbocycles. The number of aliphatic carboxylic acids is 1. The number of carbonyl (C=O) groups is 3. The van der Waals surface area contributed by atoms with Crippen LogP contribution < -0.4 is 63.3 Å². The molecule has 0 aromatic heterocycles. The van der Waals surface area contributed by atoms with Crippen molar-refractivity contribution in [2.24, 2.45) is 0 Å². The Morgan fingerprint density at radius 1 is 1.44 bits per heavy atom. The number of rotatable bonds is 2. The van der Waals surface area contributed by atoms with Crippen LogP contribution in [-0.2, 0) is 14.4 Å². The van der Waals surface area contributed by atoms with Crippen molar-refractivity contribution in [1.29, 1.82) is 0 Å². The minimum atomic E-state index is -1.79. The maximum absolute atomic E-state index is 11.6. The predicted octanol–water partition coefficient (Wildman–Crippen LogP) is -4.59. The molecule has 1 aliphatic heterocycles. The molecule has 78 valence electrons. The normalized spacial score (nSPS) is 27.9. The molecule has 0 aromatic carbocycles. The van der Waals surface area contributed by atoms with Gasteiger partial charge in [-0.2, -0.15) is 4.58 Å². The third-order valence-corrected chi connectivity index (χ3v) is 2.75. The Balaban J connectivity index is 0.00000128. The van der Waals surface area contributed by atoms with Crippen LogP contribution in [0.15, 0.2) is 12.3 Å². The van der Waals surface area contributed by atoms with E-state index in [0.29, 0.717) is 6.42 Å². The fraction of sp³-hybridized carbons (Fsp3) is 0.400. The van der Waals surface area contributed by atoms with Crippen molar-refractivity contribution in [2.75, 3.05) is 0 Å². The number of hydrogen-bond acceptors (Lipinski definition) is 4. The summed E-state index contributed by atoms with van der Waals surface area (Å²) in [5, 5.41) is 11.1. The molecule has 2 aliphatic rings. The van der Waals surface area contributed by atoms with E-state index in [-0.39, 0.29) is 76.8 Å². The Kier molecular flexibility index (Phi) is 4.51. The summed E-state index contributed by atoms with van der Waals surface area (Å²) in [6.45, 7) is 0. The van der Waals surface area contributed by atoms with Crippen LogP contribution >= 0.6 is 0 Å². The number of allylic oxidation sites excluding steroid dienone is 1. The Morgan fingerprint density at radius 2 is 2.12 bits per heavy atom. The summed E-state index contributed by atoms with van der Waals surface area (Å²) in [5.41, 5.74) is -1.79.